The lowest BCUT2D eigenvalue weighted by atomic mass is 10.1. The van der Waals surface area contributed by atoms with Crippen LogP contribution in [0.4, 0.5) is 0 Å². The monoisotopic (exact) mass is 408 g/mol. The summed E-state index contributed by atoms with van der Waals surface area (Å²) in [7, 11) is 0. The molecule has 12 heteroatoms. The molecule has 0 aromatic carbocycles. The van der Waals surface area contributed by atoms with Crippen molar-refractivity contribution in [3.05, 3.63) is 0 Å². The lowest BCUT2D eigenvalue weighted by Gasteiger charge is -2.07. The summed E-state index contributed by atoms with van der Waals surface area (Å²) in [4.78, 5) is 41.2. The van der Waals surface area contributed by atoms with E-state index in [2.05, 4.69) is 0 Å². The first kappa shape index (κ1) is 27.9. The van der Waals surface area contributed by atoms with Crippen LogP contribution in [0.15, 0.2) is 0 Å². The summed E-state index contributed by atoms with van der Waals surface area (Å²) in [5, 5.41) is 33.7. The molecule has 0 bridgehead atoms. The van der Waals surface area contributed by atoms with Crippen LogP contribution in [-0.2, 0) is 19.2 Å². The van der Waals surface area contributed by atoms with Crippen LogP contribution in [0, 0.1) is 0 Å². The highest BCUT2D eigenvalue weighted by Crippen LogP contribution is 2.05. The molecule has 0 saturated carbocycles. The summed E-state index contributed by atoms with van der Waals surface area (Å²) in [6.07, 6.45) is 3.71. The lowest BCUT2D eigenvalue weighted by Crippen LogP contribution is -2.31. The Bertz CT molecular complexity index is 415. The van der Waals surface area contributed by atoms with E-state index in [1.807, 2.05) is 0 Å². The first-order valence-corrected chi connectivity index (χ1v) is 8.83. The van der Waals surface area contributed by atoms with Crippen LogP contribution in [0.25, 0.3) is 0 Å². The number of aliphatic carboxylic acids is 4. The smallest absolute Gasteiger partial charge is 0.320 e. The molecule has 4 unspecified atom stereocenters. The molecular formula is C16H32N4O8. The number of hydrogen-bond donors (Lipinski definition) is 8. The number of carbonyl (C=O) groups is 4. The van der Waals surface area contributed by atoms with Crippen LogP contribution < -0.4 is 22.9 Å². The van der Waals surface area contributed by atoms with Crippen molar-refractivity contribution in [1.82, 2.24) is 0 Å². The Kier molecular flexibility index (Phi) is 15.7. The second kappa shape index (κ2) is 15.7. The third kappa shape index (κ3) is 15.9. The molecule has 0 spiro atoms. The first-order chi connectivity index (χ1) is 12.9. The molecule has 0 aromatic rings. The number of rotatable bonds is 14. The number of carboxylic acids is 4. The average molecular weight is 408 g/mol. The molecule has 0 aliphatic heterocycles. The van der Waals surface area contributed by atoms with Crippen molar-refractivity contribution in [3.8, 4) is 0 Å². The van der Waals surface area contributed by atoms with Gasteiger partial charge in [-0.1, -0.05) is 25.7 Å². The second-order valence-electron chi connectivity index (χ2n) is 6.35. The van der Waals surface area contributed by atoms with E-state index in [1.165, 1.54) is 0 Å². The summed E-state index contributed by atoms with van der Waals surface area (Å²) in [5.74, 6) is -4.14. The molecule has 0 radical (unpaired) electrons. The average Bonchev–Trinajstić information content (AvgIpc) is 2.61. The van der Waals surface area contributed by atoms with Crippen LogP contribution in [-0.4, -0.2) is 68.5 Å². The molecule has 0 fully saturated rings. The molecule has 28 heavy (non-hydrogen) atoms. The minimum atomic E-state index is -1.03. The Morgan fingerprint density at radius 1 is 0.464 bits per heavy atom. The van der Waals surface area contributed by atoms with Gasteiger partial charge in [-0.15, -0.1) is 0 Å². The van der Waals surface area contributed by atoms with Gasteiger partial charge in [-0.25, -0.2) is 0 Å². The maximum atomic E-state index is 10.3. The van der Waals surface area contributed by atoms with Crippen molar-refractivity contribution in [3.63, 3.8) is 0 Å². The molecular weight excluding hydrogens is 376 g/mol. The molecule has 12 nitrogen and oxygen atoms in total. The molecule has 0 rings (SSSR count). The minimum Gasteiger partial charge on any atom is -0.480 e. The van der Waals surface area contributed by atoms with Gasteiger partial charge >= 0.3 is 23.9 Å². The third-order valence-corrected chi connectivity index (χ3v) is 3.83. The predicted octanol–water partition coefficient (Wildman–Crippen LogP) is -1.26. The summed E-state index contributed by atoms with van der Waals surface area (Å²) >= 11 is 0. The van der Waals surface area contributed by atoms with Crippen molar-refractivity contribution in [1.29, 1.82) is 0 Å². The van der Waals surface area contributed by atoms with Gasteiger partial charge in [-0.05, 0) is 25.7 Å². The van der Waals surface area contributed by atoms with Crippen LogP contribution >= 0.6 is 0 Å². The van der Waals surface area contributed by atoms with Gasteiger partial charge in [0.2, 0.25) is 0 Å². The largest absolute Gasteiger partial charge is 0.480 e. The zero-order valence-corrected chi connectivity index (χ0v) is 15.7. The fourth-order valence-corrected chi connectivity index (χ4v) is 1.95. The summed E-state index contributed by atoms with van der Waals surface area (Å²) < 4.78 is 0. The van der Waals surface area contributed by atoms with E-state index >= 15 is 0 Å². The van der Waals surface area contributed by atoms with Crippen molar-refractivity contribution in [2.45, 2.75) is 75.5 Å². The van der Waals surface area contributed by atoms with Crippen LogP contribution in [0.5, 0.6) is 0 Å². The molecule has 0 aliphatic rings. The second-order valence-corrected chi connectivity index (χ2v) is 6.35. The van der Waals surface area contributed by atoms with Crippen molar-refractivity contribution in [2.75, 3.05) is 0 Å². The first-order valence-electron chi connectivity index (χ1n) is 8.83. The van der Waals surface area contributed by atoms with E-state index in [1.54, 1.807) is 0 Å². The highest BCUT2D eigenvalue weighted by molar-refractivity contribution is 5.74. The van der Waals surface area contributed by atoms with E-state index in [0.717, 1.165) is 0 Å². The van der Waals surface area contributed by atoms with E-state index in [0.29, 0.717) is 51.4 Å². The Morgan fingerprint density at radius 2 is 0.607 bits per heavy atom. The Labute approximate surface area is 162 Å². The van der Waals surface area contributed by atoms with Gasteiger partial charge in [0.15, 0.2) is 0 Å². The maximum absolute atomic E-state index is 10.3. The van der Waals surface area contributed by atoms with Crippen molar-refractivity contribution >= 4 is 23.9 Å². The Hall–Kier alpha value is -2.28. The molecule has 12 N–H and O–H groups in total. The molecule has 0 saturated heterocycles. The van der Waals surface area contributed by atoms with Crippen molar-refractivity contribution < 1.29 is 39.6 Å². The molecule has 0 aliphatic carbocycles. The van der Waals surface area contributed by atoms with E-state index < -0.39 is 48.0 Å². The summed E-state index contributed by atoms with van der Waals surface area (Å²) in [6, 6.07) is -3.46. The van der Waals surface area contributed by atoms with Gasteiger partial charge in [-0.3, -0.25) is 19.2 Å². The van der Waals surface area contributed by atoms with E-state index in [9.17, 15) is 19.2 Å². The third-order valence-electron chi connectivity index (χ3n) is 3.83. The quantitative estimate of drug-likeness (QED) is 0.157. The lowest BCUT2D eigenvalue weighted by molar-refractivity contribution is -0.139. The van der Waals surface area contributed by atoms with Crippen molar-refractivity contribution in [2.24, 2.45) is 22.9 Å². The predicted molar refractivity (Wildman–Crippen MR) is 99.4 cm³/mol. The molecule has 4 atom stereocenters. The van der Waals surface area contributed by atoms with Gasteiger partial charge in [0.05, 0.1) is 0 Å². The van der Waals surface area contributed by atoms with Crippen LogP contribution in [0.2, 0.25) is 0 Å². The fraction of sp³-hybridized carbons (Fsp3) is 0.750. The van der Waals surface area contributed by atoms with Gasteiger partial charge in [0.25, 0.3) is 0 Å². The molecule has 164 valence electrons. The number of unbranched alkanes of at least 4 members (excludes halogenated alkanes) is 2. The Balaban J connectivity index is 0. The van der Waals surface area contributed by atoms with E-state index in [-0.39, 0.29) is 0 Å². The normalized spacial score (nSPS) is 14.7. The minimum absolute atomic E-state index is 0.349. The molecule has 0 aromatic heterocycles. The highest BCUT2D eigenvalue weighted by atomic mass is 16.4. The van der Waals surface area contributed by atoms with Gasteiger partial charge in [0, 0.05) is 0 Å². The number of hydrogen-bond acceptors (Lipinski definition) is 8. The van der Waals surface area contributed by atoms with Gasteiger partial charge in [-0.2, -0.15) is 0 Å². The van der Waals surface area contributed by atoms with E-state index in [4.69, 9.17) is 43.4 Å². The number of carboxylic acid groups (broad SMARTS) is 4. The standard InChI is InChI=1S/2C8H16N2O4/c2*9-5(7(11)12)3-1-2-4-6(10)8(13)14/h2*5-6H,1-4,9-10H2,(H,11,12)(H,13,14). The zero-order valence-electron chi connectivity index (χ0n) is 15.7. The zero-order chi connectivity index (χ0) is 22.3. The van der Waals surface area contributed by atoms with Crippen LogP contribution in [0.1, 0.15) is 51.4 Å². The SMILES string of the molecule is NC(CCCCC(N)C(=O)O)C(=O)O.NC(CCCCC(N)C(=O)O)C(=O)O. The van der Waals surface area contributed by atoms with Gasteiger partial charge in [0.1, 0.15) is 24.2 Å². The summed E-state index contributed by atoms with van der Waals surface area (Å²) in [5.41, 5.74) is 21.0. The highest BCUT2D eigenvalue weighted by Gasteiger charge is 2.14. The van der Waals surface area contributed by atoms with Gasteiger partial charge < -0.3 is 43.4 Å². The molecule has 0 heterocycles. The Morgan fingerprint density at radius 3 is 0.714 bits per heavy atom. The fourth-order valence-electron chi connectivity index (χ4n) is 1.95. The summed E-state index contributed by atoms with van der Waals surface area (Å²) in [6.45, 7) is 0. The molecule has 0 amide bonds. The van der Waals surface area contributed by atoms with Crippen LogP contribution in [0.3, 0.4) is 0 Å². The maximum Gasteiger partial charge on any atom is 0.320 e. The topological polar surface area (TPSA) is 253 Å². The number of nitrogens with two attached hydrogens (primary N) is 4.